The molecule has 0 radical (unpaired) electrons. The number of nitrogens with one attached hydrogen (secondary N) is 1. The van der Waals surface area contributed by atoms with E-state index in [0.717, 1.165) is 22.2 Å². The first-order valence-electron chi connectivity index (χ1n) is 10.1. The zero-order chi connectivity index (χ0) is 22.1. The van der Waals surface area contributed by atoms with Crippen LogP contribution < -0.4 is 14.8 Å². The van der Waals surface area contributed by atoms with Gasteiger partial charge in [0.15, 0.2) is 11.5 Å². The minimum Gasteiger partial charge on any atom is -0.487 e. The number of nitrogens with zero attached hydrogens (tertiary/aromatic N) is 2. The third-order valence-electron chi connectivity index (χ3n) is 4.33. The monoisotopic (exact) mass is 421 g/mol. The average Bonchev–Trinajstić information content (AvgIpc) is 2.77. The summed E-state index contributed by atoms with van der Waals surface area (Å²) < 4.78 is 22.5. The first-order valence-corrected chi connectivity index (χ1v) is 10.1. The van der Waals surface area contributed by atoms with Gasteiger partial charge in [-0.1, -0.05) is 12.0 Å². The van der Waals surface area contributed by atoms with Gasteiger partial charge < -0.3 is 24.3 Å². The molecule has 0 spiro atoms. The van der Waals surface area contributed by atoms with E-state index in [4.69, 9.17) is 25.4 Å². The molecule has 0 atom stereocenters. The number of ether oxygens (including phenoxy) is 4. The largest absolute Gasteiger partial charge is 0.487 e. The Morgan fingerprint density at radius 2 is 1.77 bits per heavy atom. The molecule has 0 aliphatic heterocycles. The Labute approximate surface area is 182 Å². The molecule has 7 heteroatoms. The van der Waals surface area contributed by atoms with Crippen LogP contribution in [0, 0.1) is 12.3 Å². The van der Waals surface area contributed by atoms with Crippen LogP contribution in [0.15, 0.2) is 42.7 Å². The van der Waals surface area contributed by atoms with Crippen LogP contribution in [-0.2, 0) is 9.47 Å². The van der Waals surface area contributed by atoms with E-state index in [0.29, 0.717) is 43.7 Å². The van der Waals surface area contributed by atoms with Gasteiger partial charge >= 0.3 is 0 Å². The lowest BCUT2D eigenvalue weighted by molar-refractivity contribution is 0.0542. The molecule has 3 aromatic rings. The van der Waals surface area contributed by atoms with E-state index >= 15 is 0 Å². The van der Waals surface area contributed by atoms with Gasteiger partial charge in [-0.3, -0.25) is 0 Å². The number of methoxy groups -OCH3 is 1. The van der Waals surface area contributed by atoms with Gasteiger partial charge in [-0.15, -0.1) is 6.42 Å². The van der Waals surface area contributed by atoms with E-state index in [9.17, 15) is 0 Å². The first kappa shape index (κ1) is 22.3. The summed E-state index contributed by atoms with van der Waals surface area (Å²) in [6.45, 7) is 5.71. The number of hydrogen-bond donors (Lipinski definition) is 1. The van der Waals surface area contributed by atoms with Crippen LogP contribution >= 0.6 is 0 Å². The summed E-state index contributed by atoms with van der Waals surface area (Å²) in [6.07, 6.45) is 7.16. The van der Waals surface area contributed by atoms with Crippen molar-refractivity contribution in [3.05, 3.63) is 48.3 Å². The second kappa shape index (κ2) is 11.2. The molecule has 0 unspecified atom stereocenters. The number of hydrogen-bond acceptors (Lipinski definition) is 7. The molecule has 1 aromatic heterocycles. The van der Waals surface area contributed by atoms with Crippen LogP contribution in [0.3, 0.4) is 0 Å². The van der Waals surface area contributed by atoms with Gasteiger partial charge in [0.2, 0.25) is 0 Å². The normalized spacial score (nSPS) is 10.8. The molecule has 0 fully saturated rings. The fourth-order valence-electron chi connectivity index (χ4n) is 2.88. The number of terminal acetylenes is 1. The zero-order valence-electron chi connectivity index (χ0n) is 18.1. The molecule has 0 aliphatic rings. The summed E-state index contributed by atoms with van der Waals surface area (Å²) >= 11 is 0. The minimum absolute atomic E-state index is 0.145. The lowest BCUT2D eigenvalue weighted by atomic mass is 10.2. The van der Waals surface area contributed by atoms with Crippen molar-refractivity contribution >= 4 is 22.4 Å². The molecule has 31 heavy (non-hydrogen) atoms. The third-order valence-corrected chi connectivity index (χ3v) is 4.33. The van der Waals surface area contributed by atoms with Gasteiger partial charge in [0.1, 0.15) is 25.4 Å². The molecule has 7 nitrogen and oxygen atoms in total. The van der Waals surface area contributed by atoms with Crippen LogP contribution in [0.5, 0.6) is 11.5 Å². The Bertz CT molecular complexity index is 1050. The molecular weight excluding hydrogens is 394 g/mol. The smallest absolute Gasteiger partial charge is 0.163 e. The van der Waals surface area contributed by atoms with Gasteiger partial charge in [-0.25, -0.2) is 9.97 Å². The van der Waals surface area contributed by atoms with Crippen LogP contribution in [0.1, 0.15) is 19.4 Å². The van der Waals surface area contributed by atoms with Crippen molar-refractivity contribution in [1.29, 1.82) is 0 Å². The maximum Gasteiger partial charge on any atom is 0.163 e. The van der Waals surface area contributed by atoms with Crippen molar-refractivity contribution in [2.24, 2.45) is 0 Å². The quantitative estimate of drug-likeness (QED) is 0.368. The van der Waals surface area contributed by atoms with E-state index in [1.165, 1.54) is 6.33 Å². The number of aromatic nitrogens is 2. The highest BCUT2D eigenvalue weighted by atomic mass is 16.6. The van der Waals surface area contributed by atoms with Gasteiger partial charge in [-0.05, 0) is 38.1 Å². The predicted octanol–water partition coefficient (Wildman–Crippen LogP) is 4.18. The molecule has 162 valence electrons. The molecule has 2 aromatic carbocycles. The van der Waals surface area contributed by atoms with E-state index in [-0.39, 0.29) is 6.10 Å². The Morgan fingerprint density at radius 1 is 1.00 bits per heavy atom. The second-order valence-corrected chi connectivity index (χ2v) is 7.00. The van der Waals surface area contributed by atoms with Crippen molar-refractivity contribution in [1.82, 2.24) is 9.97 Å². The maximum atomic E-state index is 5.92. The van der Waals surface area contributed by atoms with E-state index in [1.807, 2.05) is 50.2 Å². The van der Waals surface area contributed by atoms with Crippen molar-refractivity contribution in [3.63, 3.8) is 0 Å². The van der Waals surface area contributed by atoms with Crippen molar-refractivity contribution in [2.75, 3.05) is 38.9 Å². The highest BCUT2D eigenvalue weighted by molar-refractivity contribution is 5.93. The molecule has 0 saturated heterocycles. The SMILES string of the molecule is C#Cc1cccc(Nc2ncnc3cc(OCCOC(C)C)c(OCCOC)cc23)c1. The molecule has 0 aliphatic carbocycles. The van der Waals surface area contributed by atoms with Gasteiger partial charge in [0.25, 0.3) is 0 Å². The summed E-state index contributed by atoms with van der Waals surface area (Å²) in [5.74, 6) is 4.46. The predicted molar refractivity (Wildman–Crippen MR) is 121 cm³/mol. The Morgan fingerprint density at radius 3 is 2.52 bits per heavy atom. The van der Waals surface area contributed by atoms with E-state index in [2.05, 4.69) is 21.2 Å². The zero-order valence-corrected chi connectivity index (χ0v) is 18.1. The Kier molecular flexibility index (Phi) is 8.05. The standard InChI is InChI=1S/C24H27N3O4/c1-5-18-7-6-8-19(13-18)27-24-20-14-22(30-10-9-28-4)23(15-21(20)25-16-26-24)31-12-11-29-17(2)3/h1,6-8,13-17H,9-12H2,2-4H3,(H,25,26,27). The summed E-state index contributed by atoms with van der Waals surface area (Å²) in [6, 6.07) is 11.3. The summed E-state index contributed by atoms with van der Waals surface area (Å²) in [7, 11) is 1.63. The van der Waals surface area contributed by atoms with Gasteiger partial charge in [0.05, 0.1) is 24.8 Å². The topological polar surface area (TPSA) is 74.7 Å². The van der Waals surface area contributed by atoms with E-state index in [1.54, 1.807) is 7.11 Å². The number of rotatable bonds is 11. The van der Waals surface area contributed by atoms with Crippen LogP contribution in [0.2, 0.25) is 0 Å². The van der Waals surface area contributed by atoms with Crippen LogP contribution in [0.25, 0.3) is 10.9 Å². The van der Waals surface area contributed by atoms with Crippen LogP contribution in [-0.4, -0.2) is 49.6 Å². The Balaban J connectivity index is 1.90. The molecule has 1 heterocycles. The lowest BCUT2D eigenvalue weighted by Gasteiger charge is -2.16. The van der Waals surface area contributed by atoms with E-state index < -0.39 is 0 Å². The highest BCUT2D eigenvalue weighted by Crippen LogP contribution is 2.35. The minimum atomic E-state index is 0.145. The van der Waals surface area contributed by atoms with Crippen molar-refractivity contribution in [3.8, 4) is 23.8 Å². The fraction of sp³-hybridized carbons (Fsp3) is 0.333. The summed E-state index contributed by atoms with van der Waals surface area (Å²) in [5, 5.41) is 4.11. The number of fused-ring (bicyclic) bond motifs is 1. The molecule has 0 bridgehead atoms. The number of anilines is 2. The molecule has 0 amide bonds. The van der Waals surface area contributed by atoms with Crippen molar-refractivity contribution in [2.45, 2.75) is 20.0 Å². The molecule has 3 rings (SSSR count). The lowest BCUT2D eigenvalue weighted by Crippen LogP contribution is -2.12. The third kappa shape index (κ3) is 6.32. The fourth-order valence-corrected chi connectivity index (χ4v) is 2.88. The molecule has 0 saturated carbocycles. The average molecular weight is 421 g/mol. The summed E-state index contributed by atoms with van der Waals surface area (Å²) in [4.78, 5) is 8.80. The van der Waals surface area contributed by atoms with Crippen LogP contribution in [0.4, 0.5) is 11.5 Å². The molecular formula is C24H27N3O4. The Hall–Kier alpha value is -3.34. The maximum absolute atomic E-state index is 5.92. The van der Waals surface area contributed by atoms with Crippen molar-refractivity contribution < 1.29 is 18.9 Å². The molecule has 1 N–H and O–H groups in total. The van der Waals surface area contributed by atoms with Gasteiger partial charge in [0, 0.05) is 29.8 Å². The highest BCUT2D eigenvalue weighted by Gasteiger charge is 2.13. The van der Waals surface area contributed by atoms with Gasteiger partial charge in [-0.2, -0.15) is 0 Å². The summed E-state index contributed by atoms with van der Waals surface area (Å²) in [5.41, 5.74) is 2.35. The first-order chi connectivity index (χ1) is 15.1. The number of benzene rings is 2. The second-order valence-electron chi connectivity index (χ2n) is 7.00.